The molecule has 10 nitrogen and oxygen atoms in total. The number of nitrogens with zero attached hydrogens (tertiary/aromatic N) is 3. The van der Waals surface area contributed by atoms with Gasteiger partial charge < -0.3 is 20.1 Å². The smallest absolute Gasteiger partial charge is 0.308 e. The fraction of sp³-hybridized carbons (Fsp3) is 0.677. The van der Waals surface area contributed by atoms with Crippen molar-refractivity contribution in [2.24, 2.45) is 11.8 Å². The van der Waals surface area contributed by atoms with Gasteiger partial charge in [0.05, 0.1) is 18.2 Å². The number of piperidine rings is 1. The maximum absolute atomic E-state index is 13.7. The molecule has 0 amide bonds. The number of aromatic nitrogens is 3. The summed E-state index contributed by atoms with van der Waals surface area (Å²) in [6, 6.07) is 1.54. The highest BCUT2D eigenvalue weighted by atomic mass is 35.5. The molecule has 2 aromatic rings. The topological polar surface area (TPSA) is 130 Å². The quantitative estimate of drug-likeness (QED) is 0.368. The number of pyridine rings is 1. The molecule has 2 aromatic heterocycles. The van der Waals surface area contributed by atoms with Crippen LogP contribution in [0.3, 0.4) is 0 Å². The van der Waals surface area contributed by atoms with Crippen molar-refractivity contribution in [3.8, 4) is 5.88 Å². The van der Waals surface area contributed by atoms with E-state index in [1.807, 2.05) is 14.0 Å². The number of aliphatic carboxylic acids is 1. The van der Waals surface area contributed by atoms with Gasteiger partial charge in [0.2, 0.25) is 5.92 Å². The summed E-state index contributed by atoms with van der Waals surface area (Å²) in [5, 5.41) is 13.2. The van der Waals surface area contributed by atoms with E-state index in [1.165, 1.54) is 0 Å². The summed E-state index contributed by atoms with van der Waals surface area (Å²) in [6.45, 7) is 4.69. The molecule has 2 aliphatic heterocycles. The summed E-state index contributed by atoms with van der Waals surface area (Å²) in [5.41, 5.74) is 1.56. The molecule has 4 heterocycles. The van der Waals surface area contributed by atoms with Crippen LogP contribution in [0.4, 0.5) is 8.78 Å². The van der Waals surface area contributed by atoms with Gasteiger partial charge in [0, 0.05) is 65.6 Å². The van der Waals surface area contributed by atoms with Gasteiger partial charge in [-0.05, 0) is 58.6 Å². The number of fused-ring (bicyclic) bond motifs is 2. The molecule has 4 aliphatic rings. The largest absolute Gasteiger partial charge is 0.481 e. The highest BCUT2D eigenvalue weighted by Gasteiger charge is 2.49. The number of halogens is 3. The fourth-order valence-corrected chi connectivity index (χ4v) is 9.63. The molecular formula is C31H40ClF2N5O5S. The van der Waals surface area contributed by atoms with E-state index < -0.39 is 23.4 Å². The van der Waals surface area contributed by atoms with E-state index in [9.17, 15) is 28.3 Å². The molecule has 0 radical (unpaired) electrons. The van der Waals surface area contributed by atoms with Gasteiger partial charge in [-0.15, -0.1) is 0 Å². The van der Waals surface area contributed by atoms with E-state index in [1.54, 1.807) is 29.3 Å². The summed E-state index contributed by atoms with van der Waals surface area (Å²) in [4.78, 5) is 47.8. The van der Waals surface area contributed by atoms with Gasteiger partial charge in [0.25, 0.3) is 11.1 Å². The summed E-state index contributed by atoms with van der Waals surface area (Å²) >= 11 is 7.89. The number of alkyl halides is 2. The molecule has 6 atom stereocenters. The monoisotopic (exact) mass is 667 g/mol. The van der Waals surface area contributed by atoms with E-state index in [0.717, 1.165) is 17.7 Å². The van der Waals surface area contributed by atoms with Gasteiger partial charge in [-0.3, -0.25) is 23.9 Å². The number of carboxylic acids is 1. The predicted molar refractivity (Wildman–Crippen MR) is 168 cm³/mol. The summed E-state index contributed by atoms with van der Waals surface area (Å²) in [5.74, 6) is -2.66. The fourth-order valence-electron chi connectivity index (χ4n) is 7.72. The second-order valence-electron chi connectivity index (χ2n) is 13.3. The number of aryl methyl sites for hydroxylation is 2. The Hall–Kier alpha value is -2.48. The number of carboxylic acid groups (broad SMARTS) is 1. The van der Waals surface area contributed by atoms with E-state index in [2.05, 4.69) is 15.2 Å². The average molecular weight is 668 g/mol. The number of aromatic amines is 1. The second kappa shape index (κ2) is 12.6. The standard InChI is InChI=1S/C31H40ClF2N5O5S/c1-15-8-19(26-25(35-15)22(14-45-26)30(42)43)20-10-23(32)27(40)37-28(20)44-7-6-39-16(2)36-24-5-4-18(9-21(24)29(39)41)38(3)13-17-11-31(33,34)12-17/h10,15,17-19,22,25-26,35H,4-9,11-14H2,1-3H3,(H,37,40)(H,42,43)/t15?,18-,19?,22?,25?,26?/m1/s1. The lowest BCUT2D eigenvalue weighted by Gasteiger charge is -2.40. The zero-order valence-corrected chi connectivity index (χ0v) is 27.2. The third-order valence-electron chi connectivity index (χ3n) is 10.0. The minimum atomic E-state index is -2.55. The van der Waals surface area contributed by atoms with Crippen LogP contribution in [0.1, 0.15) is 61.2 Å². The van der Waals surface area contributed by atoms with Gasteiger partial charge in [-0.2, -0.15) is 11.8 Å². The molecular weight excluding hydrogens is 628 g/mol. The van der Waals surface area contributed by atoms with Crippen molar-refractivity contribution in [3.05, 3.63) is 54.4 Å². The third kappa shape index (κ3) is 6.55. The van der Waals surface area contributed by atoms with Crippen LogP contribution in [-0.2, 0) is 24.2 Å². The molecule has 5 unspecified atom stereocenters. The van der Waals surface area contributed by atoms with Crippen LogP contribution in [0.2, 0.25) is 5.02 Å². The number of likely N-dealkylation sites (N-methyl/N-ethyl adjacent to an activating group) is 1. The highest BCUT2D eigenvalue weighted by Crippen LogP contribution is 2.47. The first-order valence-corrected chi connectivity index (χ1v) is 17.1. The molecule has 6 rings (SSSR count). The zero-order chi connectivity index (χ0) is 32.2. The minimum absolute atomic E-state index is 0.0228. The number of hydrogen-bond donors (Lipinski definition) is 3. The Balaban J connectivity index is 1.17. The van der Waals surface area contributed by atoms with Gasteiger partial charge in [0.1, 0.15) is 17.5 Å². The van der Waals surface area contributed by atoms with E-state index in [4.69, 9.17) is 21.3 Å². The number of nitrogens with one attached hydrogen (secondary N) is 2. The lowest BCUT2D eigenvalue weighted by Crippen LogP contribution is -2.53. The number of hydrogen-bond acceptors (Lipinski definition) is 8. The van der Waals surface area contributed by atoms with Crippen molar-refractivity contribution in [2.75, 3.05) is 26.0 Å². The van der Waals surface area contributed by atoms with Crippen molar-refractivity contribution in [3.63, 3.8) is 0 Å². The highest BCUT2D eigenvalue weighted by molar-refractivity contribution is 8.00. The van der Waals surface area contributed by atoms with Crippen molar-refractivity contribution in [2.45, 2.75) is 94.1 Å². The van der Waals surface area contributed by atoms with Crippen molar-refractivity contribution >= 4 is 29.3 Å². The van der Waals surface area contributed by atoms with E-state index in [0.29, 0.717) is 42.9 Å². The van der Waals surface area contributed by atoms with Crippen molar-refractivity contribution < 1.29 is 23.4 Å². The molecule has 2 aliphatic carbocycles. The summed E-state index contributed by atoms with van der Waals surface area (Å²) in [6.07, 6.45) is 2.56. The molecule has 246 valence electrons. The molecule has 2 saturated heterocycles. The van der Waals surface area contributed by atoms with Crippen molar-refractivity contribution in [1.82, 2.24) is 24.8 Å². The Morgan fingerprint density at radius 1 is 1.33 bits per heavy atom. The first-order valence-electron chi connectivity index (χ1n) is 15.6. The van der Waals surface area contributed by atoms with E-state index >= 15 is 0 Å². The molecule has 3 N–H and O–H groups in total. The number of H-pyrrole nitrogens is 1. The summed E-state index contributed by atoms with van der Waals surface area (Å²) in [7, 11) is 1.95. The van der Waals surface area contributed by atoms with E-state index in [-0.39, 0.29) is 77.7 Å². The van der Waals surface area contributed by atoms with Crippen LogP contribution < -0.4 is 21.2 Å². The Morgan fingerprint density at radius 3 is 2.80 bits per heavy atom. The van der Waals surface area contributed by atoms with Crippen molar-refractivity contribution in [1.29, 1.82) is 0 Å². The maximum Gasteiger partial charge on any atom is 0.308 e. The molecule has 1 saturated carbocycles. The first kappa shape index (κ1) is 32.5. The maximum atomic E-state index is 13.7. The Labute approximate surface area is 269 Å². The lowest BCUT2D eigenvalue weighted by molar-refractivity contribution is -0.141. The molecule has 0 bridgehead atoms. The van der Waals surface area contributed by atoms with Gasteiger partial charge in [-0.1, -0.05) is 11.6 Å². The Morgan fingerprint density at radius 2 is 2.09 bits per heavy atom. The predicted octanol–water partition coefficient (Wildman–Crippen LogP) is 3.46. The SMILES string of the molecule is Cc1nc2c(c(=O)n1CCOc1[nH]c(=O)c(Cl)cc1C1CC(C)NC3C(C(=O)O)CSC13)C[C@H](N(C)CC1CC(F)(F)C1)CC2. The van der Waals surface area contributed by atoms with Gasteiger partial charge >= 0.3 is 5.97 Å². The summed E-state index contributed by atoms with van der Waals surface area (Å²) < 4.78 is 34.5. The molecule has 3 fully saturated rings. The number of carbonyl (C=O) groups is 1. The third-order valence-corrected chi connectivity index (χ3v) is 11.9. The molecule has 0 spiro atoms. The Bertz CT molecular complexity index is 1580. The zero-order valence-electron chi connectivity index (χ0n) is 25.7. The Kier molecular flexibility index (Phi) is 9.10. The average Bonchev–Trinajstić information content (AvgIpc) is 3.39. The van der Waals surface area contributed by atoms with Gasteiger partial charge in [-0.25, -0.2) is 13.8 Å². The van der Waals surface area contributed by atoms with Crippen LogP contribution in [0, 0.1) is 18.8 Å². The normalized spacial score (nSPS) is 29.2. The van der Waals surface area contributed by atoms with Crippen LogP contribution in [0.5, 0.6) is 5.88 Å². The molecule has 45 heavy (non-hydrogen) atoms. The van der Waals surface area contributed by atoms with Crippen LogP contribution in [-0.4, -0.2) is 85.8 Å². The lowest BCUT2D eigenvalue weighted by atomic mass is 9.79. The number of thioether (sulfide) groups is 1. The minimum Gasteiger partial charge on any atom is -0.481 e. The van der Waals surface area contributed by atoms with Gasteiger partial charge in [0.15, 0.2) is 5.88 Å². The number of ether oxygens (including phenoxy) is 1. The first-order chi connectivity index (χ1) is 21.3. The number of rotatable bonds is 9. The molecule has 14 heteroatoms. The van der Waals surface area contributed by atoms with Crippen LogP contribution in [0.15, 0.2) is 15.7 Å². The second-order valence-corrected chi connectivity index (χ2v) is 14.9. The van der Waals surface area contributed by atoms with Crippen LogP contribution in [0.25, 0.3) is 0 Å². The van der Waals surface area contributed by atoms with Crippen LogP contribution >= 0.6 is 23.4 Å². The molecule has 0 aromatic carbocycles.